The first kappa shape index (κ1) is 24.1. The molecule has 0 bridgehead atoms. The van der Waals surface area contributed by atoms with Crippen molar-refractivity contribution >= 4 is 51.2 Å². The Morgan fingerprint density at radius 1 is 1.08 bits per heavy atom. The van der Waals surface area contributed by atoms with Crippen LogP contribution in [0.4, 0.5) is 5.69 Å². The van der Waals surface area contributed by atoms with Crippen LogP contribution in [0.25, 0.3) is 6.08 Å². The van der Waals surface area contributed by atoms with Gasteiger partial charge in [0.25, 0.3) is 0 Å². The van der Waals surface area contributed by atoms with Gasteiger partial charge in [0.05, 0.1) is 19.2 Å². The molecule has 0 radical (unpaired) electrons. The van der Waals surface area contributed by atoms with Gasteiger partial charge in [0.15, 0.2) is 5.41 Å². The van der Waals surface area contributed by atoms with Crippen molar-refractivity contribution in [2.24, 2.45) is 5.41 Å². The number of fused-ring (bicyclic) bond motifs is 3. The first-order chi connectivity index (χ1) is 17.4. The van der Waals surface area contributed by atoms with Gasteiger partial charge in [-0.25, -0.2) is 0 Å². The highest BCUT2D eigenvalue weighted by Crippen LogP contribution is 2.60. The zero-order chi connectivity index (χ0) is 25.4. The third-order valence-corrected chi connectivity index (χ3v) is 7.67. The lowest BCUT2D eigenvalue weighted by Gasteiger charge is -2.35. The highest BCUT2D eigenvalue weighted by molar-refractivity contribution is 9.10. The second-order valence-corrected chi connectivity index (χ2v) is 10.1. The molecule has 6 nitrogen and oxygen atoms in total. The second kappa shape index (κ2) is 9.45. The summed E-state index contributed by atoms with van der Waals surface area (Å²) in [7, 11) is 1.27. The van der Waals surface area contributed by atoms with E-state index in [2.05, 4.69) is 27.3 Å². The number of nitrogens with one attached hydrogen (secondary N) is 1. The Morgan fingerprint density at radius 2 is 1.78 bits per heavy atom. The van der Waals surface area contributed by atoms with Gasteiger partial charge in [-0.3, -0.25) is 9.59 Å². The number of carbonyl (C=O) groups is 2. The standard InChI is InChI=1S/C28H21BrClN3O3/c1-36-27(35)28(16-31)23(18-6-8-19(29)9-7-18)24(26(34)32-21-12-10-20(30)11-13-21)33-15-14-17-4-2-3-5-22(17)25(28)33/h2-15,23-25H,1H3,(H,32,34)/t23-,24+,25+,28+/m1/s1. The number of esters is 1. The number of nitriles is 1. The normalized spacial score (nSPS) is 23.8. The average Bonchev–Trinajstić information content (AvgIpc) is 3.22. The van der Waals surface area contributed by atoms with Crippen LogP contribution in [0.2, 0.25) is 5.02 Å². The van der Waals surface area contributed by atoms with Crippen molar-refractivity contribution < 1.29 is 14.3 Å². The molecule has 1 N–H and O–H groups in total. The molecule has 2 aliphatic rings. The van der Waals surface area contributed by atoms with E-state index in [1.54, 1.807) is 30.5 Å². The molecule has 1 saturated heterocycles. The number of amides is 1. The number of ether oxygens (including phenoxy) is 1. The van der Waals surface area contributed by atoms with E-state index in [4.69, 9.17) is 16.3 Å². The smallest absolute Gasteiger partial charge is 0.329 e. The van der Waals surface area contributed by atoms with Crippen LogP contribution >= 0.6 is 27.5 Å². The molecule has 4 atom stereocenters. The van der Waals surface area contributed by atoms with Crippen LogP contribution in [0.3, 0.4) is 0 Å². The fraction of sp³-hybridized carbons (Fsp3) is 0.179. The maximum absolute atomic E-state index is 13.9. The van der Waals surface area contributed by atoms with Crippen LogP contribution in [-0.2, 0) is 14.3 Å². The van der Waals surface area contributed by atoms with Crippen molar-refractivity contribution in [3.05, 3.63) is 105 Å². The molecule has 0 aliphatic carbocycles. The Kier molecular flexibility index (Phi) is 6.33. The van der Waals surface area contributed by atoms with Gasteiger partial charge in [0.1, 0.15) is 6.04 Å². The number of hydrogen-bond donors (Lipinski definition) is 1. The summed E-state index contributed by atoms with van der Waals surface area (Å²) in [5.41, 5.74) is 1.23. The van der Waals surface area contributed by atoms with Gasteiger partial charge in [-0.2, -0.15) is 5.26 Å². The van der Waals surface area contributed by atoms with E-state index in [1.165, 1.54) is 7.11 Å². The van der Waals surface area contributed by atoms with E-state index in [0.29, 0.717) is 16.3 Å². The summed E-state index contributed by atoms with van der Waals surface area (Å²) in [5, 5.41) is 14.2. The van der Waals surface area contributed by atoms with Gasteiger partial charge < -0.3 is 15.0 Å². The van der Waals surface area contributed by atoms with E-state index >= 15 is 0 Å². The molecule has 2 heterocycles. The summed E-state index contributed by atoms with van der Waals surface area (Å²) >= 11 is 9.47. The van der Waals surface area contributed by atoms with E-state index < -0.39 is 29.4 Å². The summed E-state index contributed by atoms with van der Waals surface area (Å²) < 4.78 is 6.10. The predicted molar refractivity (Wildman–Crippen MR) is 141 cm³/mol. The number of nitrogens with zero attached hydrogens (tertiary/aromatic N) is 2. The molecule has 3 aromatic carbocycles. The number of halogens is 2. The first-order valence-corrected chi connectivity index (χ1v) is 12.4. The fourth-order valence-electron chi connectivity index (χ4n) is 5.38. The van der Waals surface area contributed by atoms with Crippen molar-refractivity contribution in [1.29, 1.82) is 5.26 Å². The molecular formula is C28H21BrClN3O3. The number of benzene rings is 3. The van der Waals surface area contributed by atoms with Crippen LogP contribution in [0.1, 0.15) is 28.7 Å². The molecule has 0 saturated carbocycles. The summed E-state index contributed by atoms with van der Waals surface area (Å²) in [6, 6.07) is 22.4. The van der Waals surface area contributed by atoms with Gasteiger partial charge >= 0.3 is 5.97 Å². The minimum atomic E-state index is -1.69. The summed E-state index contributed by atoms with van der Waals surface area (Å²) in [6.07, 6.45) is 3.70. The molecule has 2 aliphatic heterocycles. The molecule has 1 amide bonds. The van der Waals surface area contributed by atoms with Crippen molar-refractivity contribution in [2.75, 3.05) is 12.4 Å². The summed E-state index contributed by atoms with van der Waals surface area (Å²) in [4.78, 5) is 29.4. The molecular weight excluding hydrogens is 542 g/mol. The number of carbonyl (C=O) groups excluding carboxylic acids is 2. The predicted octanol–water partition coefficient (Wildman–Crippen LogP) is 5.92. The monoisotopic (exact) mass is 561 g/mol. The molecule has 1 fully saturated rings. The van der Waals surface area contributed by atoms with Crippen LogP contribution < -0.4 is 5.32 Å². The summed E-state index contributed by atoms with van der Waals surface area (Å²) in [5.74, 6) is -1.85. The van der Waals surface area contributed by atoms with Crippen LogP contribution in [0, 0.1) is 16.7 Å². The summed E-state index contributed by atoms with van der Waals surface area (Å²) in [6.45, 7) is 0. The molecule has 8 heteroatoms. The van der Waals surface area contributed by atoms with Gasteiger partial charge in [0.2, 0.25) is 5.91 Å². The van der Waals surface area contributed by atoms with E-state index in [0.717, 1.165) is 15.6 Å². The Labute approximate surface area is 222 Å². The van der Waals surface area contributed by atoms with Gasteiger partial charge in [-0.1, -0.05) is 63.9 Å². The Bertz CT molecular complexity index is 1400. The third-order valence-electron chi connectivity index (χ3n) is 6.89. The second-order valence-electron chi connectivity index (χ2n) is 8.74. The highest BCUT2D eigenvalue weighted by atomic mass is 79.9. The molecule has 0 aromatic heterocycles. The molecule has 36 heavy (non-hydrogen) atoms. The number of methoxy groups -OCH3 is 1. The fourth-order valence-corrected chi connectivity index (χ4v) is 5.78. The third kappa shape index (κ3) is 3.78. The quantitative estimate of drug-likeness (QED) is 0.399. The number of rotatable bonds is 4. The lowest BCUT2D eigenvalue weighted by Crippen LogP contribution is -2.42. The minimum Gasteiger partial charge on any atom is -0.468 e. The van der Waals surface area contributed by atoms with Gasteiger partial charge in [-0.15, -0.1) is 0 Å². The van der Waals surface area contributed by atoms with Gasteiger partial charge in [0, 0.05) is 27.3 Å². The molecule has 0 unspecified atom stereocenters. The molecule has 5 rings (SSSR count). The lowest BCUT2D eigenvalue weighted by molar-refractivity contribution is -0.151. The van der Waals surface area contributed by atoms with Crippen LogP contribution in [0.15, 0.2) is 83.5 Å². The van der Waals surface area contributed by atoms with Crippen LogP contribution in [0.5, 0.6) is 0 Å². The molecule has 3 aromatic rings. The zero-order valence-corrected chi connectivity index (χ0v) is 21.5. The van der Waals surface area contributed by atoms with Crippen molar-refractivity contribution in [1.82, 2.24) is 4.90 Å². The van der Waals surface area contributed by atoms with E-state index in [-0.39, 0.29) is 5.91 Å². The van der Waals surface area contributed by atoms with E-state index in [1.807, 2.05) is 59.5 Å². The first-order valence-electron chi connectivity index (χ1n) is 11.3. The number of hydrogen-bond acceptors (Lipinski definition) is 5. The Hall–Kier alpha value is -3.60. The maximum atomic E-state index is 13.9. The maximum Gasteiger partial charge on any atom is 0.329 e. The van der Waals surface area contributed by atoms with Crippen molar-refractivity contribution in [3.63, 3.8) is 0 Å². The SMILES string of the molecule is COC(=O)[C@@]1(C#N)[C@H](c2ccc(Br)cc2)[C@@H](C(=O)Nc2ccc(Cl)cc2)N2C=Cc3ccccc3[C@H]21. The Morgan fingerprint density at radius 3 is 2.44 bits per heavy atom. The topological polar surface area (TPSA) is 82.4 Å². The highest BCUT2D eigenvalue weighted by Gasteiger charge is 2.67. The average molecular weight is 563 g/mol. The Balaban J connectivity index is 1.72. The number of anilines is 1. The molecule has 180 valence electrons. The largest absolute Gasteiger partial charge is 0.468 e. The van der Waals surface area contributed by atoms with Crippen molar-refractivity contribution in [3.8, 4) is 6.07 Å². The molecule has 0 spiro atoms. The van der Waals surface area contributed by atoms with Crippen LogP contribution in [-0.4, -0.2) is 29.9 Å². The lowest BCUT2D eigenvalue weighted by atomic mass is 9.67. The van der Waals surface area contributed by atoms with Crippen molar-refractivity contribution in [2.45, 2.75) is 18.0 Å². The minimum absolute atomic E-state index is 0.347. The zero-order valence-electron chi connectivity index (χ0n) is 19.2. The van der Waals surface area contributed by atoms with E-state index in [9.17, 15) is 14.9 Å². The van der Waals surface area contributed by atoms with Gasteiger partial charge in [-0.05, 0) is 59.2 Å².